The number of ether oxygens (including phenoxy) is 2. The molecule has 0 aliphatic heterocycles. The standard InChI is InChI=1S/C63H108NO8P/c1-3-5-7-9-11-13-15-17-19-21-23-24-25-26-27-28-29-30-31-32-33-34-35-36-38-39-41-43-45-47-49-51-53-55-62(65)69-59-61(60-71-73(67,68)70-58-57-64)72-63(66)56-54-52-50-48-46-44-42-40-37-22-20-18-16-14-12-10-8-6-4-2/h6,8,12,14-15,17-18,20-21,23,25-26,37,40,44,46,50,52,61H,3-5,7,9-11,13,16,19,22,24,27-36,38-39,41-43,45,47-49,51,53-60,64H2,1-2H3,(H,67,68)/b8-6-,14-12-,17-15-,20-18-,23-21-,26-25-,40-37-,46-44-,52-50-. The number of esters is 2. The molecule has 0 rings (SSSR count). The lowest BCUT2D eigenvalue weighted by Gasteiger charge is -2.19. The number of nitrogens with two attached hydrogens (primary N) is 1. The number of allylic oxidation sites excluding steroid dienone is 18. The fourth-order valence-electron chi connectivity index (χ4n) is 7.85. The van der Waals surface area contributed by atoms with Crippen LogP contribution in [0.1, 0.15) is 245 Å². The molecule has 0 saturated heterocycles. The maximum atomic E-state index is 12.6. The van der Waals surface area contributed by atoms with Crippen molar-refractivity contribution in [1.29, 1.82) is 0 Å². The van der Waals surface area contributed by atoms with Gasteiger partial charge in [-0.2, -0.15) is 0 Å². The van der Waals surface area contributed by atoms with E-state index in [1.807, 2.05) is 12.2 Å². The van der Waals surface area contributed by atoms with Crippen molar-refractivity contribution in [2.75, 3.05) is 26.4 Å². The Labute approximate surface area is 448 Å². The SMILES string of the molecule is CC/C=C\C/C=C\C/C=C\C/C=C\C/C=C\C/C=C\CCC(=O)OC(COC(=O)CCCCCCCCCCCCCCCCCCCC/C=C\C/C=C\C/C=C\CCCCCCC)COP(=O)(O)OCCN. The molecule has 0 amide bonds. The summed E-state index contributed by atoms with van der Waals surface area (Å²) in [6.45, 7) is 3.53. The Morgan fingerprint density at radius 3 is 1.18 bits per heavy atom. The monoisotopic (exact) mass is 1040 g/mol. The van der Waals surface area contributed by atoms with E-state index in [0.29, 0.717) is 6.42 Å². The summed E-state index contributed by atoms with van der Waals surface area (Å²) in [4.78, 5) is 35.1. The van der Waals surface area contributed by atoms with Crippen molar-refractivity contribution in [2.24, 2.45) is 5.73 Å². The Balaban J connectivity index is 3.98. The van der Waals surface area contributed by atoms with E-state index in [9.17, 15) is 19.0 Å². The van der Waals surface area contributed by atoms with Gasteiger partial charge in [-0.05, 0) is 89.9 Å². The second-order valence-electron chi connectivity index (χ2n) is 19.1. The predicted molar refractivity (Wildman–Crippen MR) is 311 cm³/mol. The van der Waals surface area contributed by atoms with Gasteiger partial charge in [-0.1, -0.05) is 252 Å². The van der Waals surface area contributed by atoms with Gasteiger partial charge in [-0.25, -0.2) is 4.57 Å². The highest BCUT2D eigenvalue weighted by Crippen LogP contribution is 2.43. The second kappa shape index (κ2) is 57.9. The Morgan fingerprint density at radius 2 is 0.781 bits per heavy atom. The molecule has 0 fully saturated rings. The zero-order valence-corrected chi connectivity index (χ0v) is 47.5. The third kappa shape index (κ3) is 57.8. The van der Waals surface area contributed by atoms with Crippen molar-refractivity contribution < 1.29 is 37.6 Å². The summed E-state index contributed by atoms with van der Waals surface area (Å²) in [6, 6.07) is 0. The van der Waals surface area contributed by atoms with Crippen molar-refractivity contribution in [3.05, 3.63) is 109 Å². The number of unbranched alkanes of at least 4 members (excludes halogenated alkanes) is 23. The lowest BCUT2D eigenvalue weighted by atomic mass is 10.0. The lowest BCUT2D eigenvalue weighted by molar-refractivity contribution is -0.161. The molecule has 0 aromatic carbocycles. The van der Waals surface area contributed by atoms with Crippen LogP contribution >= 0.6 is 7.82 Å². The summed E-state index contributed by atoms with van der Waals surface area (Å²) in [5.74, 6) is -0.927. The van der Waals surface area contributed by atoms with Crippen molar-refractivity contribution >= 4 is 19.8 Å². The Kier molecular flexibility index (Phi) is 55.3. The van der Waals surface area contributed by atoms with E-state index in [4.69, 9.17) is 24.3 Å². The van der Waals surface area contributed by atoms with Crippen molar-refractivity contribution in [2.45, 2.75) is 251 Å². The van der Waals surface area contributed by atoms with Crippen molar-refractivity contribution in [1.82, 2.24) is 0 Å². The van der Waals surface area contributed by atoms with Gasteiger partial charge in [0.2, 0.25) is 0 Å². The lowest BCUT2D eigenvalue weighted by Crippen LogP contribution is -2.29. The molecule has 0 spiro atoms. The Morgan fingerprint density at radius 1 is 0.425 bits per heavy atom. The number of carbonyl (C=O) groups is 2. The van der Waals surface area contributed by atoms with Gasteiger partial charge in [0.25, 0.3) is 0 Å². The van der Waals surface area contributed by atoms with Crippen LogP contribution < -0.4 is 5.73 Å². The van der Waals surface area contributed by atoms with E-state index in [-0.39, 0.29) is 32.6 Å². The van der Waals surface area contributed by atoms with Gasteiger partial charge in [0.05, 0.1) is 13.2 Å². The molecule has 0 saturated carbocycles. The topological polar surface area (TPSA) is 134 Å². The number of rotatable bonds is 54. The van der Waals surface area contributed by atoms with Gasteiger partial charge < -0.3 is 20.1 Å². The molecule has 0 aliphatic rings. The number of hydrogen-bond acceptors (Lipinski definition) is 8. The van der Waals surface area contributed by atoms with Gasteiger partial charge in [0, 0.05) is 19.4 Å². The van der Waals surface area contributed by atoms with Crippen LogP contribution in [0.15, 0.2) is 109 Å². The summed E-state index contributed by atoms with van der Waals surface area (Å²) in [6.07, 6.45) is 78.9. The van der Waals surface area contributed by atoms with Crippen LogP contribution in [-0.4, -0.2) is 49.3 Å². The summed E-state index contributed by atoms with van der Waals surface area (Å²) >= 11 is 0. The maximum Gasteiger partial charge on any atom is 0.472 e. The van der Waals surface area contributed by atoms with Gasteiger partial charge >= 0.3 is 19.8 Å². The van der Waals surface area contributed by atoms with Crippen molar-refractivity contribution in [3.63, 3.8) is 0 Å². The van der Waals surface area contributed by atoms with E-state index < -0.39 is 32.5 Å². The molecule has 73 heavy (non-hydrogen) atoms. The van der Waals surface area contributed by atoms with Gasteiger partial charge in [0.1, 0.15) is 6.61 Å². The fourth-order valence-corrected chi connectivity index (χ4v) is 8.61. The highest BCUT2D eigenvalue weighted by molar-refractivity contribution is 7.47. The molecule has 0 aliphatic carbocycles. The molecule has 0 heterocycles. The molecule has 10 heteroatoms. The average Bonchev–Trinajstić information content (AvgIpc) is 3.38. The zero-order valence-electron chi connectivity index (χ0n) is 46.6. The average molecular weight is 1040 g/mol. The van der Waals surface area contributed by atoms with Crippen LogP contribution in [0.5, 0.6) is 0 Å². The van der Waals surface area contributed by atoms with Crippen LogP contribution in [0.25, 0.3) is 0 Å². The zero-order chi connectivity index (χ0) is 53.1. The smallest absolute Gasteiger partial charge is 0.462 e. The highest BCUT2D eigenvalue weighted by Gasteiger charge is 2.26. The largest absolute Gasteiger partial charge is 0.472 e. The number of phosphoric acid groups is 1. The first-order valence-corrected chi connectivity index (χ1v) is 30.9. The Hall–Kier alpha value is -3.33. The Bertz CT molecular complexity index is 1560. The molecule has 0 aromatic rings. The third-order valence-corrected chi connectivity index (χ3v) is 13.1. The van der Waals surface area contributed by atoms with Gasteiger partial charge in [-0.15, -0.1) is 0 Å². The highest BCUT2D eigenvalue weighted by atomic mass is 31.2. The van der Waals surface area contributed by atoms with Gasteiger partial charge in [-0.3, -0.25) is 18.6 Å². The van der Waals surface area contributed by atoms with Crippen LogP contribution in [0, 0.1) is 0 Å². The molecular formula is C63H108NO8P. The van der Waals surface area contributed by atoms with Crippen LogP contribution in [0.3, 0.4) is 0 Å². The van der Waals surface area contributed by atoms with Crippen molar-refractivity contribution in [3.8, 4) is 0 Å². The molecule has 418 valence electrons. The first-order chi connectivity index (χ1) is 35.8. The van der Waals surface area contributed by atoms with Crippen LogP contribution in [0.2, 0.25) is 0 Å². The molecule has 2 unspecified atom stereocenters. The minimum Gasteiger partial charge on any atom is -0.462 e. The minimum atomic E-state index is -4.41. The first kappa shape index (κ1) is 69.7. The molecule has 2 atom stereocenters. The third-order valence-electron chi connectivity index (χ3n) is 12.2. The van der Waals surface area contributed by atoms with E-state index in [1.165, 1.54) is 141 Å². The van der Waals surface area contributed by atoms with Crippen LogP contribution in [0.4, 0.5) is 0 Å². The molecule has 0 aromatic heterocycles. The van der Waals surface area contributed by atoms with E-state index >= 15 is 0 Å². The second-order valence-corrected chi connectivity index (χ2v) is 20.6. The van der Waals surface area contributed by atoms with E-state index in [0.717, 1.165) is 70.6 Å². The predicted octanol–water partition coefficient (Wildman–Crippen LogP) is 18.6. The van der Waals surface area contributed by atoms with E-state index in [2.05, 4.69) is 111 Å². The molecule has 0 bridgehead atoms. The van der Waals surface area contributed by atoms with Crippen LogP contribution in [-0.2, 0) is 32.7 Å². The maximum absolute atomic E-state index is 12.6. The summed E-state index contributed by atoms with van der Waals surface area (Å²) < 4.78 is 32.9. The first-order valence-electron chi connectivity index (χ1n) is 29.4. The van der Waals surface area contributed by atoms with E-state index in [1.54, 1.807) is 0 Å². The normalized spacial score (nSPS) is 13.9. The quantitative estimate of drug-likeness (QED) is 0.0264. The minimum absolute atomic E-state index is 0.0374. The molecule has 3 N–H and O–H groups in total. The fraction of sp³-hybridized carbons (Fsp3) is 0.683. The summed E-state index contributed by atoms with van der Waals surface area (Å²) in [7, 11) is -4.41. The summed E-state index contributed by atoms with van der Waals surface area (Å²) in [5, 5.41) is 0. The molecular weight excluding hydrogens is 930 g/mol. The molecule has 9 nitrogen and oxygen atoms in total. The number of phosphoric ester groups is 1. The number of carbonyl (C=O) groups excluding carboxylic acids is 2. The summed E-state index contributed by atoms with van der Waals surface area (Å²) in [5.41, 5.74) is 5.37. The van der Waals surface area contributed by atoms with Gasteiger partial charge in [0.15, 0.2) is 6.10 Å². The molecule has 0 radical (unpaired) electrons. The number of hydrogen-bond donors (Lipinski definition) is 2.